The first-order valence-corrected chi connectivity index (χ1v) is 3.48. The first-order valence-electron chi connectivity index (χ1n) is 2.60. The molecule has 0 bridgehead atoms. The number of nitrogens with two attached hydrogens (primary N) is 1. The molecule has 0 saturated carbocycles. The minimum absolute atomic E-state index is 0.854. The van der Waals surface area contributed by atoms with Crippen LogP contribution in [0.5, 0.6) is 0 Å². The third-order valence-electron chi connectivity index (χ3n) is 1.26. The first kappa shape index (κ1) is 6.35. The van der Waals surface area contributed by atoms with E-state index in [4.69, 9.17) is 5.84 Å². The van der Waals surface area contributed by atoms with Crippen molar-refractivity contribution in [2.75, 3.05) is 0 Å². The number of nitrogens with zero attached hydrogens (tertiary/aromatic N) is 2. The van der Waals surface area contributed by atoms with E-state index in [0.29, 0.717) is 0 Å². The third kappa shape index (κ3) is 0.977. The van der Waals surface area contributed by atoms with E-state index in [-0.39, 0.29) is 0 Å². The van der Waals surface area contributed by atoms with Gasteiger partial charge in [-0.25, -0.2) is 0 Å². The number of rotatable bonds is 0. The predicted molar refractivity (Wildman–Crippen MR) is 37.8 cm³/mol. The highest BCUT2D eigenvalue weighted by Gasteiger charge is 1.91. The molecule has 0 fully saturated rings. The van der Waals surface area contributed by atoms with Crippen molar-refractivity contribution >= 4 is 11.3 Å². The molecule has 0 aliphatic rings. The van der Waals surface area contributed by atoms with Gasteiger partial charge in [0, 0.05) is 18.1 Å². The second-order valence-electron chi connectivity index (χ2n) is 1.85. The zero-order valence-electron chi connectivity index (χ0n) is 5.46. The Hall–Kier alpha value is -0.770. The van der Waals surface area contributed by atoms with E-state index in [0.717, 1.165) is 4.80 Å². The molecular formula is C5H9N3S. The van der Waals surface area contributed by atoms with Gasteiger partial charge in [0.1, 0.15) is 0 Å². The number of aromatic nitrogens is 1. The van der Waals surface area contributed by atoms with Crippen molar-refractivity contribution in [2.45, 2.75) is 6.92 Å². The van der Waals surface area contributed by atoms with Gasteiger partial charge in [-0.1, -0.05) is 0 Å². The summed E-state index contributed by atoms with van der Waals surface area (Å²) >= 11 is 1.55. The molecule has 0 amide bonds. The summed E-state index contributed by atoms with van der Waals surface area (Å²) in [6.45, 7) is 2.02. The molecule has 1 heterocycles. The van der Waals surface area contributed by atoms with Crippen LogP contribution in [-0.4, -0.2) is 4.57 Å². The van der Waals surface area contributed by atoms with E-state index < -0.39 is 0 Å². The van der Waals surface area contributed by atoms with Gasteiger partial charge >= 0.3 is 0 Å². The van der Waals surface area contributed by atoms with Gasteiger partial charge in [-0.2, -0.15) is 5.10 Å². The maximum atomic E-state index is 5.08. The quantitative estimate of drug-likeness (QED) is 0.408. The summed E-state index contributed by atoms with van der Waals surface area (Å²) in [5, 5.41) is 5.59. The van der Waals surface area contributed by atoms with Crippen LogP contribution in [0.3, 0.4) is 0 Å². The predicted octanol–water partition coefficient (Wildman–Crippen LogP) is 0.169. The first-order chi connectivity index (χ1) is 4.25. The number of aryl methyl sites for hydroxylation is 1. The lowest BCUT2D eigenvalue weighted by Gasteiger charge is -1.90. The van der Waals surface area contributed by atoms with Crippen LogP contribution in [0.2, 0.25) is 0 Å². The van der Waals surface area contributed by atoms with Crippen molar-refractivity contribution in [2.24, 2.45) is 18.0 Å². The highest BCUT2D eigenvalue weighted by atomic mass is 32.1. The standard InChI is InChI=1S/C5H9N3S/c1-4-3-9-5(7-6)8(4)2/h3H,6H2,1-2H3/b7-5+. The van der Waals surface area contributed by atoms with Gasteiger partial charge in [-0.05, 0) is 6.92 Å². The van der Waals surface area contributed by atoms with Gasteiger partial charge in [0.05, 0.1) is 0 Å². The zero-order valence-corrected chi connectivity index (χ0v) is 6.27. The minimum Gasteiger partial charge on any atom is -0.323 e. The molecule has 2 N–H and O–H groups in total. The van der Waals surface area contributed by atoms with Gasteiger partial charge < -0.3 is 10.4 Å². The van der Waals surface area contributed by atoms with Crippen LogP contribution < -0.4 is 10.6 Å². The van der Waals surface area contributed by atoms with E-state index in [1.54, 1.807) is 11.3 Å². The van der Waals surface area contributed by atoms with Crippen LogP contribution in [0, 0.1) is 6.92 Å². The monoisotopic (exact) mass is 143 g/mol. The van der Waals surface area contributed by atoms with E-state index in [1.165, 1.54) is 5.69 Å². The molecule has 9 heavy (non-hydrogen) atoms. The zero-order chi connectivity index (χ0) is 6.85. The Balaban J connectivity index is 3.37. The summed E-state index contributed by atoms with van der Waals surface area (Å²) in [5.74, 6) is 5.08. The lowest BCUT2D eigenvalue weighted by Crippen LogP contribution is -2.13. The second kappa shape index (κ2) is 2.23. The van der Waals surface area contributed by atoms with Gasteiger partial charge in [0.15, 0.2) is 0 Å². The van der Waals surface area contributed by atoms with Crippen LogP contribution in [0.25, 0.3) is 0 Å². The molecule has 0 saturated heterocycles. The molecule has 0 unspecified atom stereocenters. The average Bonchev–Trinajstić information content (AvgIpc) is 2.15. The fourth-order valence-electron chi connectivity index (χ4n) is 0.564. The maximum Gasteiger partial charge on any atom is 0.207 e. The SMILES string of the molecule is Cc1cs/c(=N/N)n1C. The largest absolute Gasteiger partial charge is 0.323 e. The number of hydrogen-bond donors (Lipinski definition) is 1. The molecule has 0 radical (unpaired) electrons. The molecule has 3 nitrogen and oxygen atoms in total. The van der Waals surface area contributed by atoms with Crippen molar-refractivity contribution in [3.63, 3.8) is 0 Å². The normalized spacial score (nSPS) is 12.4. The van der Waals surface area contributed by atoms with Crippen LogP contribution in [0.1, 0.15) is 5.69 Å². The van der Waals surface area contributed by atoms with E-state index >= 15 is 0 Å². The van der Waals surface area contributed by atoms with E-state index in [1.807, 2.05) is 23.9 Å². The van der Waals surface area contributed by atoms with E-state index in [9.17, 15) is 0 Å². The summed E-state index contributed by atoms with van der Waals surface area (Å²) < 4.78 is 1.95. The summed E-state index contributed by atoms with van der Waals surface area (Å²) in [4.78, 5) is 0.854. The fraction of sp³-hybridized carbons (Fsp3) is 0.400. The summed E-state index contributed by atoms with van der Waals surface area (Å²) in [5.41, 5.74) is 1.18. The molecule has 0 atom stereocenters. The molecule has 0 aliphatic heterocycles. The maximum absolute atomic E-state index is 5.08. The highest BCUT2D eigenvalue weighted by molar-refractivity contribution is 7.07. The summed E-state index contributed by atoms with van der Waals surface area (Å²) in [7, 11) is 1.94. The molecule has 0 spiro atoms. The number of hydrogen-bond acceptors (Lipinski definition) is 3. The van der Waals surface area contributed by atoms with Gasteiger partial charge in [0.2, 0.25) is 4.80 Å². The smallest absolute Gasteiger partial charge is 0.207 e. The highest BCUT2D eigenvalue weighted by Crippen LogP contribution is 1.94. The topological polar surface area (TPSA) is 43.3 Å². The fourth-order valence-corrected chi connectivity index (χ4v) is 1.36. The Labute approximate surface area is 57.4 Å². The molecule has 1 rings (SSSR count). The summed E-state index contributed by atoms with van der Waals surface area (Å²) in [6, 6.07) is 0. The molecule has 50 valence electrons. The van der Waals surface area contributed by atoms with Crippen LogP contribution in [0.15, 0.2) is 10.5 Å². The molecule has 1 aromatic rings. The molecule has 0 aliphatic carbocycles. The Morgan fingerprint density at radius 3 is 2.67 bits per heavy atom. The third-order valence-corrected chi connectivity index (χ3v) is 2.31. The molecule has 0 aromatic carbocycles. The van der Waals surface area contributed by atoms with Crippen LogP contribution in [0.4, 0.5) is 0 Å². The van der Waals surface area contributed by atoms with Crippen molar-refractivity contribution in [3.8, 4) is 0 Å². The van der Waals surface area contributed by atoms with Crippen LogP contribution >= 0.6 is 11.3 Å². The second-order valence-corrected chi connectivity index (χ2v) is 2.68. The van der Waals surface area contributed by atoms with Crippen molar-refractivity contribution in [1.29, 1.82) is 0 Å². The van der Waals surface area contributed by atoms with Gasteiger partial charge in [-0.15, -0.1) is 11.3 Å². The molecular weight excluding hydrogens is 134 g/mol. The average molecular weight is 143 g/mol. The number of thiazole rings is 1. The van der Waals surface area contributed by atoms with E-state index in [2.05, 4.69) is 5.10 Å². The van der Waals surface area contributed by atoms with Crippen LogP contribution in [-0.2, 0) is 7.05 Å². The van der Waals surface area contributed by atoms with Crippen molar-refractivity contribution in [3.05, 3.63) is 15.9 Å². The minimum atomic E-state index is 0.854. The van der Waals surface area contributed by atoms with Gasteiger partial charge in [0.25, 0.3) is 0 Å². The lowest BCUT2D eigenvalue weighted by atomic mass is 10.6. The summed E-state index contributed by atoms with van der Waals surface area (Å²) in [6.07, 6.45) is 0. The Bertz CT molecular complexity index is 257. The molecule has 4 heteroatoms. The van der Waals surface area contributed by atoms with Crippen molar-refractivity contribution < 1.29 is 0 Å². The molecule has 1 aromatic heterocycles. The van der Waals surface area contributed by atoms with Gasteiger partial charge in [-0.3, -0.25) is 0 Å². The Kier molecular flexibility index (Phi) is 1.57. The Morgan fingerprint density at radius 2 is 2.44 bits per heavy atom. The lowest BCUT2D eigenvalue weighted by molar-refractivity contribution is 0.820. The van der Waals surface area contributed by atoms with Crippen molar-refractivity contribution in [1.82, 2.24) is 4.57 Å². The Morgan fingerprint density at radius 1 is 1.78 bits per heavy atom.